The molecule has 1 saturated heterocycles. The largest absolute Gasteiger partial charge is 0.393 e. The Kier molecular flexibility index (Phi) is 6.22. The number of likely N-dealkylation sites (tertiary alicyclic amines) is 1. The molecule has 140 valence electrons. The zero-order valence-corrected chi connectivity index (χ0v) is 15.2. The van der Waals surface area contributed by atoms with Gasteiger partial charge in [-0.2, -0.15) is 5.10 Å². The van der Waals surface area contributed by atoms with Crippen LogP contribution in [0.3, 0.4) is 0 Å². The summed E-state index contributed by atoms with van der Waals surface area (Å²) in [6.07, 6.45) is 3.02. The van der Waals surface area contributed by atoms with E-state index in [0.717, 1.165) is 31.5 Å². The zero-order chi connectivity index (χ0) is 18.4. The molecule has 7 heteroatoms. The van der Waals surface area contributed by atoms with Gasteiger partial charge in [0.25, 0.3) is 0 Å². The summed E-state index contributed by atoms with van der Waals surface area (Å²) in [5.41, 5.74) is 1.26. The van der Waals surface area contributed by atoms with Crippen LogP contribution in [0.15, 0.2) is 30.3 Å². The molecule has 7 nitrogen and oxygen atoms in total. The Balaban J connectivity index is 1.38. The number of nitrogens with one attached hydrogen (secondary N) is 2. The van der Waals surface area contributed by atoms with Crippen LogP contribution in [0.1, 0.15) is 36.5 Å². The van der Waals surface area contributed by atoms with Crippen molar-refractivity contribution in [2.45, 2.75) is 45.3 Å². The van der Waals surface area contributed by atoms with Crippen LogP contribution in [0, 0.1) is 12.8 Å². The van der Waals surface area contributed by atoms with Crippen molar-refractivity contribution in [1.82, 2.24) is 25.4 Å². The summed E-state index contributed by atoms with van der Waals surface area (Å²) in [4.78, 5) is 18.2. The Morgan fingerprint density at radius 3 is 2.73 bits per heavy atom. The summed E-state index contributed by atoms with van der Waals surface area (Å²) in [5, 5.41) is 20.1. The summed E-state index contributed by atoms with van der Waals surface area (Å²) in [5.74, 6) is 1.58. The van der Waals surface area contributed by atoms with Crippen molar-refractivity contribution in [3.8, 4) is 0 Å². The van der Waals surface area contributed by atoms with E-state index in [2.05, 4.69) is 32.6 Å². The molecule has 1 aliphatic heterocycles. The molecule has 0 radical (unpaired) electrons. The molecule has 2 heterocycles. The average Bonchev–Trinajstić information content (AvgIpc) is 3.10. The molecule has 1 aromatic carbocycles. The summed E-state index contributed by atoms with van der Waals surface area (Å²) >= 11 is 0. The molecule has 2 aromatic rings. The molecule has 1 fully saturated rings. The highest BCUT2D eigenvalue weighted by Crippen LogP contribution is 2.23. The highest BCUT2D eigenvalue weighted by molar-refractivity contribution is 5.74. The van der Waals surface area contributed by atoms with Crippen LogP contribution in [0.4, 0.5) is 4.79 Å². The molecule has 1 atom stereocenters. The number of benzene rings is 1. The molecule has 0 unspecified atom stereocenters. The van der Waals surface area contributed by atoms with Gasteiger partial charge in [-0.3, -0.25) is 5.10 Å². The highest BCUT2D eigenvalue weighted by Gasteiger charge is 2.27. The number of piperidine rings is 1. The second-order valence-corrected chi connectivity index (χ2v) is 6.91. The predicted octanol–water partition coefficient (Wildman–Crippen LogP) is 2.03. The first-order chi connectivity index (χ1) is 12.6. The number of aliphatic hydroxyl groups is 1. The molecule has 26 heavy (non-hydrogen) atoms. The van der Waals surface area contributed by atoms with Gasteiger partial charge in [0.1, 0.15) is 5.82 Å². The number of urea groups is 1. The lowest BCUT2D eigenvalue weighted by Gasteiger charge is -2.34. The first-order valence-electron chi connectivity index (χ1n) is 9.24. The third-order valence-electron chi connectivity index (χ3n) is 4.98. The number of H-pyrrole nitrogens is 1. The maximum atomic E-state index is 12.3. The van der Waals surface area contributed by atoms with Gasteiger partial charge in [-0.25, -0.2) is 9.78 Å². The maximum absolute atomic E-state index is 12.3. The number of hydrogen-bond donors (Lipinski definition) is 3. The Bertz CT molecular complexity index is 695. The molecule has 2 amide bonds. The SMILES string of the molecule is Cc1nc(CNC(=O)N2CCC([C@@H](O)CCc3ccccc3)CC2)n[nH]1. The van der Waals surface area contributed by atoms with E-state index in [1.807, 2.05) is 25.1 Å². The number of aliphatic hydroxyl groups excluding tert-OH is 1. The van der Waals surface area contributed by atoms with Crippen LogP contribution in [0.25, 0.3) is 0 Å². The fourth-order valence-electron chi connectivity index (χ4n) is 3.42. The number of aryl methyl sites for hydroxylation is 2. The molecule has 1 aromatic heterocycles. The zero-order valence-electron chi connectivity index (χ0n) is 15.2. The molecule has 3 rings (SSSR count). The van der Waals surface area contributed by atoms with E-state index in [4.69, 9.17) is 0 Å². The summed E-state index contributed by atoms with van der Waals surface area (Å²) in [7, 11) is 0. The van der Waals surface area contributed by atoms with Gasteiger partial charge in [0.2, 0.25) is 0 Å². The molecule has 0 bridgehead atoms. The Labute approximate surface area is 153 Å². The fraction of sp³-hybridized carbons (Fsp3) is 0.526. The van der Waals surface area contributed by atoms with Gasteiger partial charge in [0.05, 0.1) is 12.6 Å². The Morgan fingerprint density at radius 1 is 1.35 bits per heavy atom. The standard InChI is InChI=1S/C19H27N5O2/c1-14-21-18(23-22-14)13-20-19(26)24-11-9-16(10-12-24)17(25)8-7-15-5-3-2-4-6-15/h2-6,16-17,25H,7-13H2,1H3,(H,20,26)(H,21,22,23)/t17-/m0/s1. The number of carbonyl (C=O) groups is 1. The topological polar surface area (TPSA) is 94.1 Å². The van der Waals surface area contributed by atoms with Crippen molar-refractivity contribution in [3.05, 3.63) is 47.5 Å². The second kappa shape index (κ2) is 8.80. The number of hydrogen-bond acceptors (Lipinski definition) is 4. The Morgan fingerprint density at radius 2 is 2.08 bits per heavy atom. The summed E-state index contributed by atoms with van der Waals surface area (Å²) in [6.45, 7) is 3.49. The summed E-state index contributed by atoms with van der Waals surface area (Å²) in [6, 6.07) is 10.1. The van der Waals surface area contributed by atoms with Crippen LogP contribution in [-0.4, -0.2) is 50.4 Å². The third kappa shape index (κ3) is 5.05. The monoisotopic (exact) mass is 357 g/mol. The van der Waals surface area contributed by atoms with Gasteiger partial charge in [0.15, 0.2) is 5.82 Å². The highest BCUT2D eigenvalue weighted by atomic mass is 16.3. The lowest BCUT2D eigenvalue weighted by Crippen LogP contribution is -2.45. The number of aromatic amines is 1. The van der Waals surface area contributed by atoms with Gasteiger partial charge in [-0.1, -0.05) is 30.3 Å². The molecule has 1 aliphatic rings. The van der Waals surface area contributed by atoms with E-state index in [0.29, 0.717) is 25.5 Å². The minimum atomic E-state index is -0.309. The number of nitrogens with zero attached hydrogens (tertiary/aromatic N) is 3. The van der Waals surface area contributed by atoms with Crippen LogP contribution >= 0.6 is 0 Å². The van der Waals surface area contributed by atoms with E-state index >= 15 is 0 Å². The van der Waals surface area contributed by atoms with Gasteiger partial charge in [-0.15, -0.1) is 0 Å². The predicted molar refractivity (Wildman–Crippen MR) is 98.4 cm³/mol. The van der Waals surface area contributed by atoms with Gasteiger partial charge < -0.3 is 15.3 Å². The van der Waals surface area contributed by atoms with Crippen LogP contribution in [-0.2, 0) is 13.0 Å². The number of aromatic nitrogens is 3. The van der Waals surface area contributed by atoms with E-state index in [9.17, 15) is 9.90 Å². The normalized spacial score (nSPS) is 16.5. The van der Waals surface area contributed by atoms with Crippen molar-refractivity contribution < 1.29 is 9.90 Å². The second-order valence-electron chi connectivity index (χ2n) is 6.91. The maximum Gasteiger partial charge on any atom is 0.317 e. The van der Waals surface area contributed by atoms with E-state index < -0.39 is 0 Å². The average molecular weight is 357 g/mol. The quantitative estimate of drug-likeness (QED) is 0.737. The van der Waals surface area contributed by atoms with Crippen LogP contribution < -0.4 is 5.32 Å². The number of carbonyl (C=O) groups excluding carboxylic acids is 1. The van der Waals surface area contributed by atoms with Crippen molar-refractivity contribution in [2.24, 2.45) is 5.92 Å². The number of rotatable bonds is 6. The van der Waals surface area contributed by atoms with Gasteiger partial charge >= 0.3 is 6.03 Å². The van der Waals surface area contributed by atoms with E-state index in [1.165, 1.54) is 5.56 Å². The van der Waals surface area contributed by atoms with Gasteiger partial charge in [0, 0.05) is 13.1 Å². The van der Waals surface area contributed by atoms with Crippen molar-refractivity contribution in [3.63, 3.8) is 0 Å². The van der Waals surface area contributed by atoms with Crippen molar-refractivity contribution in [1.29, 1.82) is 0 Å². The summed E-state index contributed by atoms with van der Waals surface area (Å²) < 4.78 is 0. The molecule has 3 N–H and O–H groups in total. The van der Waals surface area contributed by atoms with Crippen LogP contribution in [0.2, 0.25) is 0 Å². The lowest BCUT2D eigenvalue weighted by atomic mass is 9.88. The molecule has 0 spiro atoms. The van der Waals surface area contributed by atoms with Crippen molar-refractivity contribution >= 4 is 6.03 Å². The van der Waals surface area contributed by atoms with Gasteiger partial charge in [-0.05, 0) is 44.1 Å². The van der Waals surface area contributed by atoms with Crippen LogP contribution in [0.5, 0.6) is 0 Å². The third-order valence-corrected chi connectivity index (χ3v) is 4.98. The van der Waals surface area contributed by atoms with Crippen molar-refractivity contribution in [2.75, 3.05) is 13.1 Å². The molecule has 0 saturated carbocycles. The van der Waals surface area contributed by atoms with E-state index in [-0.39, 0.29) is 18.1 Å². The lowest BCUT2D eigenvalue weighted by molar-refractivity contribution is 0.0610. The smallest absolute Gasteiger partial charge is 0.317 e. The Hall–Kier alpha value is -2.41. The van der Waals surface area contributed by atoms with E-state index in [1.54, 1.807) is 4.90 Å². The first-order valence-corrected chi connectivity index (χ1v) is 9.24. The minimum absolute atomic E-state index is 0.0929. The fourth-order valence-corrected chi connectivity index (χ4v) is 3.42. The molecular weight excluding hydrogens is 330 g/mol. The first kappa shape index (κ1) is 18.4. The number of amides is 2. The minimum Gasteiger partial charge on any atom is -0.393 e. The molecule has 0 aliphatic carbocycles. The molecular formula is C19H27N5O2.